The number of rotatable bonds is 5. The zero-order valence-corrected chi connectivity index (χ0v) is 14.4. The highest BCUT2D eigenvalue weighted by Gasteiger charge is 2.17. The van der Waals surface area contributed by atoms with Gasteiger partial charge in [-0.3, -0.25) is 4.79 Å². The van der Waals surface area contributed by atoms with E-state index in [2.05, 4.69) is 5.32 Å². The van der Waals surface area contributed by atoms with Gasteiger partial charge in [-0.1, -0.05) is 29.3 Å². The fraction of sp³-hybridized carbons (Fsp3) is 0.533. The third kappa shape index (κ3) is 5.37. The van der Waals surface area contributed by atoms with Crippen molar-refractivity contribution in [2.24, 2.45) is 0 Å². The first-order chi connectivity index (χ1) is 10.1. The van der Waals surface area contributed by atoms with Crippen LogP contribution in [0.4, 0.5) is 0 Å². The van der Waals surface area contributed by atoms with Crippen LogP contribution in [0.5, 0.6) is 0 Å². The summed E-state index contributed by atoms with van der Waals surface area (Å²) in [5, 5.41) is 5.01. The summed E-state index contributed by atoms with van der Waals surface area (Å²) in [4.78, 5) is 13.9. The van der Waals surface area contributed by atoms with Gasteiger partial charge in [-0.05, 0) is 43.6 Å². The number of nitrogens with one attached hydrogen (secondary N) is 1. The van der Waals surface area contributed by atoms with Crippen molar-refractivity contribution in [2.75, 3.05) is 25.9 Å². The maximum Gasteiger partial charge on any atom is 0.232 e. The first kappa shape index (κ1) is 16.9. The van der Waals surface area contributed by atoms with E-state index in [0.29, 0.717) is 27.6 Å². The first-order valence-electron chi connectivity index (χ1n) is 7.06. The van der Waals surface area contributed by atoms with Crippen LogP contribution < -0.4 is 5.32 Å². The van der Waals surface area contributed by atoms with Crippen molar-refractivity contribution >= 4 is 40.9 Å². The Bertz CT molecular complexity index is 493. The average molecular weight is 347 g/mol. The molecule has 1 amide bonds. The molecule has 1 aliphatic heterocycles. The van der Waals surface area contributed by atoms with E-state index in [9.17, 15) is 4.79 Å². The van der Waals surface area contributed by atoms with Gasteiger partial charge in [0, 0.05) is 18.8 Å². The summed E-state index contributed by atoms with van der Waals surface area (Å²) in [6, 6.07) is 5.48. The Balaban J connectivity index is 1.79. The molecule has 1 aromatic carbocycles. The zero-order chi connectivity index (χ0) is 15.2. The minimum absolute atomic E-state index is 0.157. The maximum atomic E-state index is 12.2. The summed E-state index contributed by atoms with van der Waals surface area (Å²) in [6.45, 7) is 2.68. The van der Waals surface area contributed by atoms with Crippen LogP contribution in [0.2, 0.25) is 10.0 Å². The van der Waals surface area contributed by atoms with Crippen molar-refractivity contribution in [2.45, 2.75) is 24.6 Å². The second-order valence-corrected chi connectivity index (χ2v) is 7.36. The number of carbonyl (C=O) groups excluding carboxylic acids is 1. The van der Waals surface area contributed by atoms with Gasteiger partial charge in [-0.15, -0.1) is 11.8 Å². The number of hydrogen-bond acceptors (Lipinski definition) is 3. The third-order valence-electron chi connectivity index (χ3n) is 3.56. The molecule has 1 aromatic rings. The van der Waals surface area contributed by atoms with Crippen LogP contribution in [0.15, 0.2) is 18.2 Å². The summed E-state index contributed by atoms with van der Waals surface area (Å²) in [5.74, 6) is 0.701. The number of hydrogen-bond donors (Lipinski definition) is 1. The second-order valence-electron chi connectivity index (χ2n) is 5.26. The Morgan fingerprint density at radius 1 is 1.33 bits per heavy atom. The van der Waals surface area contributed by atoms with Gasteiger partial charge in [0.05, 0.1) is 15.8 Å². The van der Waals surface area contributed by atoms with Gasteiger partial charge in [-0.2, -0.15) is 0 Å². The zero-order valence-electron chi connectivity index (χ0n) is 12.1. The lowest BCUT2D eigenvalue weighted by Crippen LogP contribution is -2.32. The van der Waals surface area contributed by atoms with E-state index < -0.39 is 0 Å². The number of nitrogens with zero attached hydrogens (tertiary/aromatic N) is 1. The predicted octanol–water partition coefficient (Wildman–Crippen LogP) is 3.44. The highest BCUT2D eigenvalue weighted by Crippen LogP contribution is 2.24. The topological polar surface area (TPSA) is 32.3 Å². The number of carbonyl (C=O) groups is 1. The Labute approximate surface area is 140 Å². The van der Waals surface area contributed by atoms with E-state index in [4.69, 9.17) is 23.2 Å². The minimum atomic E-state index is 0.157. The molecule has 1 saturated heterocycles. The van der Waals surface area contributed by atoms with Crippen molar-refractivity contribution in [1.29, 1.82) is 0 Å². The molecule has 0 aromatic heterocycles. The fourth-order valence-corrected chi connectivity index (χ4v) is 3.75. The van der Waals surface area contributed by atoms with Gasteiger partial charge < -0.3 is 10.2 Å². The molecule has 0 unspecified atom stereocenters. The van der Waals surface area contributed by atoms with Crippen molar-refractivity contribution in [1.82, 2.24) is 10.2 Å². The van der Waals surface area contributed by atoms with Gasteiger partial charge in [0.15, 0.2) is 0 Å². The lowest BCUT2D eigenvalue weighted by molar-refractivity contribution is -0.127. The SMILES string of the molecule is CN(Cc1ccc(Cl)c(Cl)c1)C(=O)CSC1CCNCC1. The largest absolute Gasteiger partial charge is 0.341 e. The van der Waals surface area contributed by atoms with Gasteiger partial charge >= 0.3 is 0 Å². The lowest BCUT2D eigenvalue weighted by atomic mass is 10.2. The molecule has 0 spiro atoms. The number of amides is 1. The molecule has 21 heavy (non-hydrogen) atoms. The van der Waals surface area contributed by atoms with Crippen LogP contribution in [0.3, 0.4) is 0 Å². The molecule has 6 heteroatoms. The number of thioether (sulfide) groups is 1. The van der Waals surface area contributed by atoms with E-state index in [1.165, 1.54) is 0 Å². The van der Waals surface area contributed by atoms with Crippen LogP contribution in [0, 0.1) is 0 Å². The molecular formula is C15H20Cl2N2OS. The van der Waals surface area contributed by atoms with E-state index >= 15 is 0 Å². The standard InChI is InChI=1S/C15H20Cl2N2OS/c1-19(9-11-2-3-13(16)14(17)8-11)15(20)10-21-12-4-6-18-7-5-12/h2-3,8,12,18H,4-7,9-10H2,1H3. The molecule has 1 N–H and O–H groups in total. The number of halogens is 2. The third-order valence-corrected chi connectivity index (χ3v) is 5.65. The summed E-state index contributed by atoms with van der Waals surface area (Å²) in [6.07, 6.45) is 2.29. The summed E-state index contributed by atoms with van der Waals surface area (Å²) in [5.41, 5.74) is 0.993. The van der Waals surface area contributed by atoms with Crippen LogP contribution >= 0.6 is 35.0 Å². The van der Waals surface area contributed by atoms with Crippen molar-refractivity contribution < 1.29 is 4.79 Å². The molecule has 1 aliphatic rings. The predicted molar refractivity (Wildman–Crippen MR) is 91.3 cm³/mol. The van der Waals surface area contributed by atoms with E-state index in [-0.39, 0.29) is 5.91 Å². The van der Waals surface area contributed by atoms with Gasteiger partial charge in [0.2, 0.25) is 5.91 Å². The monoisotopic (exact) mass is 346 g/mol. The molecule has 116 valence electrons. The molecule has 0 saturated carbocycles. The number of piperidine rings is 1. The minimum Gasteiger partial charge on any atom is -0.341 e. The Hall–Kier alpha value is -0.420. The second kappa shape index (κ2) is 8.28. The van der Waals surface area contributed by atoms with Crippen molar-refractivity contribution in [3.05, 3.63) is 33.8 Å². The smallest absolute Gasteiger partial charge is 0.232 e. The van der Waals surface area contributed by atoms with Crippen LogP contribution in [-0.2, 0) is 11.3 Å². The summed E-state index contributed by atoms with van der Waals surface area (Å²) < 4.78 is 0. The van der Waals surface area contributed by atoms with Gasteiger partial charge in [0.25, 0.3) is 0 Å². The molecule has 0 aliphatic carbocycles. The van der Waals surface area contributed by atoms with Gasteiger partial charge in [-0.25, -0.2) is 0 Å². The van der Waals surface area contributed by atoms with Crippen molar-refractivity contribution in [3.63, 3.8) is 0 Å². The highest BCUT2D eigenvalue weighted by atomic mass is 35.5. The van der Waals surface area contributed by atoms with Gasteiger partial charge in [0.1, 0.15) is 0 Å². The Kier molecular flexibility index (Phi) is 6.68. The summed E-state index contributed by atoms with van der Waals surface area (Å²) in [7, 11) is 1.83. The van der Waals surface area contributed by atoms with Crippen molar-refractivity contribution in [3.8, 4) is 0 Å². The Morgan fingerprint density at radius 2 is 2.05 bits per heavy atom. The normalized spacial score (nSPS) is 16.0. The van der Waals surface area contributed by atoms with E-state index in [0.717, 1.165) is 31.5 Å². The molecule has 1 fully saturated rings. The molecule has 0 atom stereocenters. The molecular weight excluding hydrogens is 327 g/mol. The molecule has 0 radical (unpaired) electrons. The van der Waals surface area contributed by atoms with Crippen LogP contribution in [0.25, 0.3) is 0 Å². The number of benzene rings is 1. The lowest BCUT2D eigenvalue weighted by Gasteiger charge is -2.23. The fourth-order valence-electron chi connectivity index (χ4n) is 2.26. The molecule has 3 nitrogen and oxygen atoms in total. The quantitative estimate of drug-likeness (QED) is 0.886. The molecule has 1 heterocycles. The maximum absolute atomic E-state index is 12.2. The average Bonchev–Trinajstić information content (AvgIpc) is 2.49. The summed E-state index contributed by atoms with van der Waals surface area (Å²) >= 11 is 13.7. The van der Waals surface area contributed by atoms with Crippen LogP contribution in [0.1, 0.15) is 18.4 Å². The molecule has 2 rings (SSSR count). The highest BCUT2D eigenvalue weighted by molar-refractivity contribution is 8.00. The van der Waals surface area contributed by atoms with E-state index in [1.807, 2.05) is 19.2 Å². The first-order valence-corrected chi connectivity index (χ1v) is 8.87. The molecule has 0 bridgehead atoms. The van der Waals surface area contributed by atoms with Crippen LogP contribution in [-0.4, -0.2) is 41.9 Å². The Morgan fingerprint density at radius 3 is 2.71 bits per heavy atom. The van der Waals surface area contributed by atoms with E-state index in [1.54, 1.807) is 22.7 Å².